The lowest BCUT2D eigenvalue weighted by atomic mass is 10.1. The van der Waals surface area contributed by atoms with E-state index in [4.69, 9.17) is 10.5 Å². The zero-order valence-electron chi connectivity index (χ0n) is 11.8. The highest BCUT2D eigenvalue weighted by Crippen LogP contribution is 2.40. The smallest absolute Gasteiger partial charge is 0.283 e. The van der Waals surface area contributed by atoms with Crippen LogP contribution in [0.25, 0.3) is 0 Å². The molecule has 2 N–H and O–H groups in total. The minimum atomic E-state index is -0.381. The predicted molar refractivity (Wildman–Crippen MR) is 82.8 cm³/mol. The summed E-state index contributed by atoms with van der Waals surface area (Å²) in [5.41, 5.74) is 6.95. The number of benzene rings is 2. The maximum Gasteiger partial charge on any atom is 0.283 e. The van der Waals surface area contributed by atoms with Gasteiger partial charge in [0.05, 0.1) is 16.9 Å². The molecule has 0 aliphatic rings. The van der Waals surface area contributed by atoms with Crippen LogP contribution in [0.1, 0.15) is 18.5 Å². The van der Waals surface area contributed by atoms with E-state index in [2.05, 4.69) is 0 Å². The first kappa shape index (κ1) is 15.3. The van der Waals surface area contributed by atoms with E-state index < -0.39 is 0 Å². The van der Waals surface area contributed by atoms with Gasteiger partial charge in [-0.15, -0.1) is 0 Å². The lowest BCUT2D eigenvalue weighted by molar-refractivity contribution is -0.387. The number of hydrogen-bond acceptors (Lipinski definition) is 5. The van der Waals surface area contributed by atoms with Gasteiger partial charge in [0.15, 0.2) is 0 Å². The van der Waals surface area contributed by atoms with Gasteiger partial charge in [-0.3, -0.25) is 10.1 Å². The molecule has 2 aromatic rings. The van der Waals surface area contributed by atoms with Crippen LogP contribution >= 0.6 is 11.8 Å². The van der Waals surface area contributed by atoms with Gasteiger partial charge in [0.2, 0.25) is 0 Å². The number of nitrogens with zero attached hydrogens (tertiary/aromatic N) is 1. The van der Waals surface area contributed by atoms with Crippen LogP contribution in [-0.2, 0) is 0 Å². The van der Waals surface area contributed by atoms with Gasteiger partial charge < -0.3 is 10.5 Å². The summed E-state index contributed by atoms with van der Waals surface area (Å²) in [5, 5.41) is 11.1. The summed E-state index contributed by atoms with van der Waals surface area (Å²) in [5.74, 6) is 0.689. The van der Waals surface area contributed by atoms with Crippen LogP contribution in [0, 0.1) is 10.1 Å². The van der Waals surface area contributed by atoms with Crippen LogP contribution in [0.3, 0.4) is 0 Å². The fourth-order valence-corrected chi connectivity index (χ4v) is 3.23. The maximum absolute atomic E-state index is 11.1. The molecule has 110 valence electrons. The van der Waals surface area contributed by atoms with Gasteiger partial charge in [-0.1, -0.05) is 30.0 Å². The van der Waals surface area contributed by atoms with Gasteiger partial charge in [-0.05, 0) is 25.1 Å². The van der Waals surface area contributed by atoms with E-state index >= 15 is 0 Å². The van der Waals surface area contributed by atoms with E-state index in [0.29, 0.717) is 10.6 Å². The molecule has 0 aromatic heterocycles. The third-order valence-electron chi connectivity index (χ3n) is 2.98. The Morgan fingerprint density at radius 2 is 1.86 bits per heavy atom. The molecule has 0 fully saturated rings. The lowest BCUT2D eigenvalue weighted by Crippen LogP contribution is -2.08. The zero-order valence-corrected chi connectivity index (χ0v) is 12.6. The first-order chi connectivity index (χ1) is 10.0. The van der Waals surface area contributed by atoms with E-state index in [9.17, 15) is 10.1 Å². The molecule has 21 heavy (non-hydrogen) atoms. The van der Waals surface area contributed by atoms with Crippen LogP contribution < -0.4 is 10.5 Å². The molecule has 0 aliphatic heterocycles. The summed E-state index contributed by atoms with van der Waals surface area (Å²) >= 11 is 1.33. The fraction of sp³-hybridized carbons (Fsp3) is 0.200. The second kappa shape index (κ2) is 6.60. The Hall–Kier alpha value is -2.05. The van der Waals surface area contributed by atoms with E-state index in [1.165, 1.54) is 17.8 Å². The number of nitro groups is 1. The minimum Gasteiger partial charge on any atom is -0.496 e. The number of hydrogen-bond donors (Lipinski definition) is 1. The third-order valence-corrected chi connectivity index (χ3v) is 4.12. The van der Waals surface area contributed by atoms with Crippen molar-refractivity contribution in [3.05, 3.63) is 58.1 Å². The summed E-state index contributed by atoms with van der Waals surface area (Å²) in [7, 11) is 1.58. The van der Waals surface area contributed by atoms with Gasteiger partial charge in [0.25, 0.3) is 5.69 Å². The maximum atomic E-state index is 11.1. The van der Waals surface area contributed by atoms with Crippen molar-refractivity contribution in [3.8, 4) is 5.75 Å². The molecule has 0 heterocycles. The molecule has 0 amide bonds. The molecular formula is C15H16N2O3S. The Kier molecular flexibility index (Phi) is 4.82. The molecule has 0 radical (unpaired) electrons. The Morgan fingerprint density at radius 3 is 2.48 bits per heavy atom. The highest BCUT2D eigenvalue weighted by Gasteiger charge is 2.18. The van der Waals surface area contributed by atoms with Crippen LogP contribution in [0.15, 0.2) is 52.3 Å². The van der Waals surface area contributed by atoms with Gasteiger partial charge in [-0.2, -0.15) is 0 Å². The number of ether oxygens (including phenoxy) is 1. The van der Waals surface area contributed by atoms with Crippen molar-refractivity contribution in [3.63, 3.8) is 0 Å². The SMILES string of the molecule is COc1cccc(Sc2ccccc2[N+](=O)[O-])c1[C@@H](C)N. The number of nitrogens with two attached hydrogens (primary N) is 1. The van der Waals surface area contributed by atoms with Crippen molar-refractivity contribution >= 4 is 17.4 Å². The second-order valence-electron chi connectivity index (χ2n) is 4.49. The summed E-state index contributed by atoms with van der Waals surface area (Å²) < 4.78 is 5.34. The monoisotopic (exact) mass is 304 g/mol. The number of para-hydroxylation sites is 1. The van der Waals surface area contributed by atoms with E-state index in [0.717, 1.165) is 10.5 Å². The number of nitro benzene ring substituents is 1. The van der Waals surface area contributed by atoms with Gasteiger partial charge in [0, 0.05) is 22.6 Å². The highest BCUT2D eigenvalue weighted by atomic mass is 32.2. The summed E-state index contributed by atoms with van der Waals surface area (Å²) in [4.78, 5) is 12.2. The van der Waals surface area contributed by atoms with Crippen LogP contribution in [0.5, 0.6) is 5.75 Å². The molecule has 2 aromatic carbocycles. The quantitative estimate of drug-likeness (QED) is 0.672. The highest BCUT2D eigenvalue weighted by molar-refractivity contribution is 7.99. The lowest BCUT2D eigenvalue weighted by Gasteiger charge is -2.16. The Bertz CT molecular complexity index is 659. The summed E-state index contributed by atoms with van der Waals surface area (Å²) in [6, 6.07) is 12.0. The molecule has 0 saturated heterocycles. The average Bonchev–Trinajstić information content (AvgIpc) is 2.47. The largest absolute Gasteiger partial charge is 0.496 e. The molecule has 0 saturated carbocycles. The molecule has 2 rings (SSSR count). The van der Waals surface area contributed by atoms with Gasteiger partial charge in [-0.25, -0.2) is 0 Å². The first-order valence-corrected chi connectivity index (χ1v) is 7.20. The molecule has 0 aliphatic carbocycles. The van der Waals surface area contributed by atoms with Crippen LogP contribution in [0.4, 0.5) is 5.69 Å². The van der Waals surface area contributed by atoms with Crippen molar-refractivity contribution in [2.75, 3.05) is 7.11 Å². The van der Waals surface area contributed by atoms with Gasteiger partial charge >= 0.3 is 0 Å². The molecule has 1 atom stereocenters. The van der Waals surface area contributed by atoms with Crippen molar-refractivity contribution in [1.82, 2.24) is 0 Å². The number of methoxy groups -OCH3 is 1. The topological polar surface area (TPSA) is 78.4 Å². The Balaban J connectivity index is 2.48. The van der Waals surface area contributed by atoms with Crippen molar-refractivity contribution in [1.29, 1.82) is 0 Å². The Morgan fingerprint density at radius 1 is 1.19 bits per heavy atom. The normalized spacial score (nSPS) is 12.0. The molecular weight excluding hydrogens is 288 g/mol. The molecule has 0 bridgehead atoms. The van der Waals surface area contributed by atoms with Crippen LogP contribution in [-0.4, -0.2) is 12.0 Å². The standard InChI is InChI=1S/C15H16N2O3S/c1-10(16)15-12(20-2)7-5-9-14(15)21-13-8-4-3-6-11(13)17(18)19/h3-10H,16H2,1-2H3/t10-/m1/s1. The fourth-order valence-electron chi connectivity index (χ4n) is 2.05. The summed E-state index contributed by atoms with van der Waals surface area (Å²) in [6.07, 6.45) is 0. The van der Waals surface area contributed by atoms with Crippen molar-refractivity contribution in [2.24, 2.45) is 5.73 Å². The minimum absolute atomic E-state index is 0.0842. The average molecular weight is 304 g/mol. The number of rotatable bonds is 5. The van der Waals surface area contributed by atoms with Crippen molar-refractivity contribution in [2.45, 2.75) is 22.8 Å². The van der Waals surface area contributed by atoms with Crippen LogP contribution in [0.2, 0.25) is 0 Å². The molecule has 5 nitrogen and oxygen atoms in total. The van der Waals surface area contributed by atoms with E-state index in [1.807, 2.05) is 25.1 Å². The third kappa shape index (κ3) is 3.34. The predicted octanol–water partition coefficient (Wildman–Crippen LogP) is 3.77. The van der Waals surface area contributed by atoms with E-state index in [1.54, 1.807) is 25.3 Å². The second-order valence-corrected chi connectivity index (χ2v) is 5.57. The zero-order chi connectivity index (χ0) is 15.4. The van der Waals surface area contributed by atoms with E-state index in [-0.39, 0.29) is 16.7 Å². The first-order valence-electron chi connectivity index (χ1n) is 6.38. The van der Waals surface area contributed by atoms with Crippen molar-refractivity contribution < 1.29 is 9.66 Å². The molecule has 0 unspecified atom stereocenters. The molecule has 0 spiro atoms. The Labute approximate surface area is 127 Å². The molecule has 6 heteroatoms. The van der Waals surface area contributed by atoms with Gasteiger partial charge in [0.1, 0.15) is 5.75 Å². The summed E-state index contributed by atoms with van der Waals surface area (Å²) in [6.45, 7) is 1.86.